The van der Waals surface area contributed by atoms with Gasteiger partial charge >= 0.3 is 6.03 Å². The second-order valence-electron chi connectivity index (χ2n) is 12.2. The third-order valence-electron chi connectivity index (χ3n) is 8.83. The first-order valence-electron chi connectivity index (χ1n) is 16.0. The van der Waals surface area contributed by atoms with Crippen LogP contribution in [0.4, 0.5) is 22.4 Å². The maximum absolute atomic E-state index is 13.7. The van der Waals surface area contributed by atoms with Gasteiger partial charge in [-0.15, -0.1) is 0 Å². The first kappa shape index (κ1) is 31.0. The molecular formula is C34H40N10O2. The summed E-state index contributed by atoms with van der Waals surface area (Å²) in [6, 6.07) is 15.9. The maximum atomic E-state index is 13.7. The molecule has 2 aliphatic carbocycles. The Morgan fingerprint density at radius 1 is 0.978 bits per heavy atom. The Morgan fingerprint density at radius 3 is 2.50 bits per heavy atom. The van der Waals surface area contributed by atoms with Crippen molar-refractivity contribution in [2.75, 3.05) is 15.5 Å². The van der Waals surface area contributed by atoms with Crippen LogP contribution in [0, 0.1) is 11.3 Å². The first-order chi connectivity index (χ1) is 22.4. The summed E-state index contributed by atoms with van der Waals surface area (Å²) in [6.45, 7) is 0.424. The highest BCUT2D eigenvalue weighted by molar-refractivity contribution is 5.91. The minimum Gasteiger partial charge on any atom is -0.393 e. The van der Waals surface area contributed by atoms with Gasteiger partial charge in [0.15, 0.2) is 0 Å². The molecule has 238 valence electrons. The fraction of sp³-hybridized carbons (Fsp3) is 0.412. The highest BCUT2D eigenvalue weighted by atomic mass is 16.3. The van der Waals surface area contributed by atoms with Crippen LogP contribution in [0.15, 0.2) is 67.3 Å². The van der Waals surface area contributed by atoms with Gasteiger partial charge in [0.2, 0.25) is 5.95 Å². The van der Waals surface area contributed by atoms with Gasteiger partial charge in [0.05, 0.1) is 18.5 Å². The number of rotatable bonds is 9. The Bertz CT molecular complexity index is 1640. The van der Waals surface area contributed by atoms with Crippen LogP contribution in [0.5, 0.6) is 0 Å². The van der Waals surface area contributed by atoms with E-state index < -0.39 is 0 Å². The molecule has 12 heteroatoms. The van der Waals surface area contributed by atoms with E-state index in [0.717, 1.165) is 61.6 Å². The number of aromatic nitrogens is 5. The normalized spacial score (nSPS) is 21.2. The third-order valence-corrected chi connectivity index (χ3v) is 8.83. The van der Waals surface area contributed by atoms with Crippen molar-refractivity contribution in [3.8, 4) is 17.2 Å². The molecule has 0 radical (unpaired) electrons. The molecule has 0 aliphatic heterocycles. The zero-order valence-electron chi connectivity index (χ0n) is 26.0. The van der Waals surface area contributed by atoms with Crippen LogP contribution in [-0.4, -0.2) is 60.1 Å². The Labute approximate surface area is 268 Å². The van der Waals surface area contributed by atoms with Gasteiger partial charge in [0.1, 0.15) is 23.3 Å². The number of pyridine rings is 1. The first-order valence-corrected chi connectivity index (χ1v) is 16.0. The number of aliphatic hydroxyl groups excluding tert-OH is 1. The number of carbonyl (C=O) groups is 1. The van der Waals surface area contributed by atoms with Crippen molar-refractivity contribution in [1.29, 1.82) is 5.26 Å². The SMILES string of the molecule is Cn1cc(-c2ccc(N(C(=O)NCc3ccccc3)C3CCC(Nc4ncc(C#N)c(NC5CCCC(O)C5)n4)CC3)nc2)cn1. The number of anilines is 3. The fourth-order valence-electron chi connectivity index (χ4n) is 6.38. The molecule has 4 N–H and O–H groups in total. The summed E-state index contributed by atoms with van der Waals surface area (Å²) < 4.78 is 1.75. The molecule has 0 saturated heterocycles. The maximum Gasteiger partial charge on any atom is 0.323 e. The topological polar surface area (TPSA) is 157 Å². The molecule has 2 fully saturated rings. The minimum atomic E-state index is -0.333. The largest absolute Gasteiger partial charge is 0.393 e. The van der Waals surface area contributed by atoms with Gasteiger partial charge in [0.25, 0.3) is 0 Å². The smallest absolute Gasteiger partial charge is 0.323 e. The number of benzene rings is 1. The van der Waals surface area contributed by atoms with Crippen molar-refractivity contribution >= 4 is 23.6 Å². The van der Waals surface area contributed by atoms with Crippen molar-refractivity contribution in [3.05, 3.63) is 78.4 Å². The predicted octanol–water partition coefficient (Wildman–Crippen LogP) is 5.00. The molecule has 1 aromatic carbocycles. The molecule has 2 aliphatic rings. The quantitative estimate of drug-likeness (QED) is 0.202. The number of nitrogens with zero attached hydrogens (tertiary/aromatic N) is 7. The van der Waals surface area contributed by atoms with E-state index in [0.29, 0.717) is 36.1 Å². The molecule has 6 rings (SSSR count). The fourth-order valence-corrected chi connectivity index (χ4v) is 6.38. The molecule has 2 atom stereocenters. The Hall–Kier alpha value is -5.02. The Balaban J connectivity index is 1.13. The van der Waals surface area contributed by atoms with E-state index in [1.54, 1.807) is 28.2 Å². The number of carbonyl (C=O) groups excluding carboxylic acids is 1. The molecule has 46 heavy (non-hydrogen) atoms. The minimum absolute atomic E-state index is 0.0394. The van der Waals surface area contributed by atoms with Crippen LogP contribution in [-0.2, 0) is 13.6 Å². The number of nitriles is 1. The van der Waals surface area contributed by atoms with Crippen LogP contribution in [0.3, 0.4) is 0 Å². The predicted molar refractivity (Wildman–Crippen MR) is 176 cm³/mol. The van der Waals surface area contributed by atoms with Crippen molar-refractivity contribution in [1.82, 2.24) is 30.0 Å². The average Bonchev–Trinajstić information content (AvgIpc) is 3.52. The lowest BCUT2D eigenvalue weighted by Gasteiger charge is -2.36. The third kappa shape index (κ3) is 7.61. The summed E-state index contributed by atoms with van der Waals surface area (Å²) >= 11 is 0. The van der Waals surface area contributed by atoms with Gasteiger partial charge in [-0.25, -0.2) is 14.8 Å². The molecule has 0 bridgehead atoms. The molecule has 0 spiro atoms. The monoisotopic (exact) mass is 620 g/mol. The van der Waals surface area contributed by atoms with E-state index in [1.807, 2.05) is 55.7 Å². The summed E-state index contributed by atoms with van der Waals surface area (Å²) in [4.78, 5) is 29.3. The van der Waals surface area contributed by atoms with Crippen molar-refractivity contribution < 1.29 is 9.90 Å². The van der Waals surface area contributed by atoms with E-state index in [4.69, 9.17) is 4.98 Å². The highest BCUT2D eigenvalue weighted by Crippen LogP contribution is 2.30. The number of hydrogen-bond acceptors (Lipinski definition) is 9. The number of aliphatic hydroxyl groups is 1. The number of urea groups is 1. The van der Waals surface area contributed by atoms with E-state index in [9.17, 15) is 15.2 Å². The van der Waals surface area contributed by atoms with Crippen LogP contribution in [0.1, 0.15) is 62.5 Å². The zero-order chi connectivity index (χ0) is 31.9. The van der Waals surface area contributed by atoms with Crippen LogP contribution in [0.2, 0.25) is 0 Å². The number of aryl methyl sites for hydroxylation is 1. The Kier molecular flexibility index (Phi) is 9.69. The second-order valence-corrected chi connectivity index (χ2v) is 12.2. The molecule has 2 saturated carbocycles. The molecule has 12 nitrogen and oxygen atoms in total. The summed E-state index contributed by atoms with van der Waals surface area (Å²) in [5, 5.41) is 33.9. The van der Waals surface area contributed by atoms with Crippen LogP contribution < -0.4 is 20.9 Å². The van der Waals surface area contributed by atoms with Crippen molar-refractivity contribution in [2.24, 2.45) is 7.05 Å². The molecule has 2 amide bonds. The lowest BCUT2D eigenvalue weighted by molar-refractivity contribution is 0.124. The van der Waals surface area contributed by atoms with Crippen molar-refractivity contribution in [3.63, 3.8) is 0 Å². The molecular weight excluding hydrogens is 580 g/mol. The van der Waals surface area contributed by atoms with Gasteiger partial charge in [-0.1, -0.05) is 30.3 Å². The standard InChI is InChI=1S/C34H40N10O2/c1-43-22-26(21-39-43)24-10-15-31(36-19-24)44(34(46)38-18-23-6-3-2-4-7-23)29-13-11-27(12-14-29)41-33-37-20-25(17-35)32(42-33)40-28-8-5-9-30(45)16-28/h2-4,6-7,10,15,19-22,27-30,45H,5,8-9,11-14,16,18H2,1H3,(H,38,46)(H2,37,40,41,42). The molecule has 2 unspecified atom stereocenters. The van der Waals surface area contributed by atoms with Gasteiger partial charge < -0.3 is 21.1 Å². The van der Waals surface area contributed by atoms with E-state index >= 15 is 0 Å². The van der Waals surface area contributed by atoms with Gasteiger partial charge in [-0.05, 0) is 69.1 Å². The summed E-state index contributed by atoms with van der Waals surface area (Å²) in [6.07, 6.45) is 13.2. The van der Waals surface area contributed by atoms with Gasteiger partial charge in [0, 0.05) is 55.2 Å². The zero-order valence-corrected chi connectivity index (χ0v) is 26.0. The van der Waals surface area contributed by atoms with Gasteiger partial charge in [-0.3, -0.25) is 9.58 Å². The van der Waals surface area contributed by atoms with Crippen molar-refractivity contribution in [2.45, 2.75) is 82.1 Å². The number of hydrogen-bond donors (Lipinski definition) is 4. The Morgan fingerprint density at radius 2 is 1.80 bits per heavy atom. The summed E-state index contributed by atoms with van der Waals surface area (Å²) in [7, 11) is 1.88. The molecule has 3 aromatic heterocycles. The second kappa shape index (κ2) is 14.4. The van der Waals surface area contributed by atoms with E-state index in [2.05, 4.69) is 37.1 Å². The number of nitrogens with one attached hydrogen (secondary N) is 3. The van der Waals surface area contributed by atoms with E-state index in [-0.39, 0.29) is 30.3 Å². The number of amides is 2. The lowest BCUT2D eigenvalue weighted by Crippen LogP contribution is -2.49. The molecule has 4 aromatic rings. The summed E-state index contributed by atoms with van der Waals surface area (Å²) in [5.74, 6) is 1.56. The lowest BCUT2D eigenvalue weighted by atomic mass is 9.90. The summed E-state index contributed by atoms with van der Waals surface area (Å²) in [5.41, 5.74) is 3.31. The molecule has 3 heterocycles. The average molecular weight is 621 g/mol. The van der Waals surface area contributed by atoms with Gasteiger partial charge in [-0.2, -0.15) is 15.3 Å². The van der Waals surface area contributed by atoms with Crippen LogP contribution in [0.25, 0.3) is 11.1 Å². The van der Waals surface area contributed by atoms with E-state index in [1.165, 1.54) is 0 Å². The van der Waals surface area contributed by atoms with Crippen LogP contribution >= 0.6 is 0 Å². The highest BCUT2D eigenvalue weighted by Gasteiger charge is 2.31.